The monoisotopic (exact) mass is 277 g/mol. The van der Waals surface area contributed by atoms with Gasteiger partial charge in [0, 0.05) is 13.5 Å². The third kappa shape index (κ3) is 4.68. The molecule has 0 radical (unpaired) electrons. The van der Waals surface area contributed by atoms with Crippen molar-refractivity contribution in [2.24, 2.45) is 0 Å². The minimum Gasteiger partial charge on any atom is -0.478 e. The normalized spacial score (nSPS) is 10.3. The summed E-state index contributed by atoms with van der Waals surface area (Å²) in [7, 11) is 1.64. The summed E-state index contributed by atoms with van der Waals surface area (Å²) in [6.07, 6.45) is 5.91. The molecule has 0 saturated heterocycles. The van der Waals surface area contributed by atoms with Crippen molar-refractivity contribution in [1.82, 2.24) is 0 Å². The lowest BCUT2D eigenvalue weighted by molar-refractivity contribution is -0.118. The van der Waals surface area contributed by atoms with Crippen molar-refractivity contribution < 1.29 is 14.7 Å². The van der Waals surface area contributed by atoms with Gasteiger partial charge in [-0.15, -0.1) is 0 Å². The van der Waals surface area contributed by atoms with Crippen molar-refractivity contribution in [3.8, 4) is 0 Å². The van der Waals surface area contributed by atoms with Gasteiger partial charge < -0.3 is 10.0 Å². The van der Waals surface area contributed by atoms with Crippen LogP contribution in [0.2, 0.25) is 0 Å². The molecule has 0 aliphatic carbocycles. The topological polar surface area (TPSA) is 57.6 Å². The molecule has 0 heterocycles. The lowest BCUT2D eigenvalue weighted by Gasteiger charge is -2.19. The summed E-state index contributed by atoms with van der Waals surface area (Å²) >= 11 is 0. The second-order valence-electron chi connectivity index (χ2n) is 4.94. The summed E-state index contributed by atoms with van der Waals surface area (Å²) in [5, 5.41) is 9.13. The van der Waals surface area contributed by atoms with E-state index in [1.807, 2.05) is 0 Å². The van der Waals surface area contributed by atoms with Crippen LogP contribution >= 0.6 is 0 Å². The van der Waals surface area contributed by atoms with E-state index < -0.39 is 5.97 Å². The van der Waals surface area contributed by atoms with Crippen molar-refractivity contribution in [2.75, 3.05) is 11.9 Å². The van der Waals surface area contributed by atoms with Gasteiger partial charge in [0.15, 0.2) is 0 Å². The van der Waals surface area contributed by atoms with Gasteiger partial charge in [-0.25, -0.2) is 4.79 Å². The van der Waals surface area contributed by atoms with Gasteiger partial charge in [0.25, 0.3) is 0 Å². The minimum atomic E-state index is -1.01. The minimum absolute atomic E-state index is 0.0322. The number of para-hydroxylation sites is 1. The molecule has 0 aromatic heterocycles. The molecule has 4 nitrogen and oxygen atoms in total. The van der Waals surface area contributed by atoms with E-state index in [-0.39, 0.29) is 11.5 Å². The summed E-state index contributed by atoms with van der Waals surface area (Å²) < 4.78 is 0. The highest BCUT2D eigenvalue weighted by Crippen LogP contribution is 2.20. The second kappa shape index (κ2) is 8.35. The van der Waals surface area contributed by atoms with Crippen LogP contribution in [0, 0.1) is 0 Å². The van der Waals surface area contributed by atoms with E-state index in [9.17, 15) is 9.59 Å². The Morgan fingerprint density at radius 1 is 1.10 bits per heavy atom. The molecule has 1 aromatic carbocycles. The smallest absolute Gasteiger partial charge is 0.337 e. The lowest BCUT2D eigenvalue weighted by atomic mass is 10.1. The molecular weight excluding hydrogens is 254 g/mol. The van der Waals surface area contributed by atoms with Gasteiger partial charge in [-0.3, -0.25) is 4.79 Å². The van der Waals surface area contributed by atoms with E-state index in [4.69, 9.17) is 5.11 Å². The van der Waals surface area contributed by atoms with E-state index in [1.54, 1.807) is 25.2 Å². The van der Waals surface area contributed by atoms with Crippen LogP contribution in [-0.2, 0) is 4.79 Å². The number of carbonyl (C=O) groups is 2. The lowest BCUT2D eigenvalue weighted by Crippen LogP contribution is -2.27. The van der Waals surface area contributed by atoms with E-state index in [2.05, 4.69) is 6.92 Å². The van der Waals surface area contributed by atoms with Crippen molar-refractivity contribution in [1.29, 1.82) is 0 Å². The average Bonchev–Trinajstić information content (AvgIpc) is 2.46. The van der Waals surface area contributed by atoms with Crippen molar-refractivity contribution >= 4 is 17.6 Å². The quantitative estimate of drug-likeness (QED) is 0.737. The Morgan fingerprint density at radius 2 is 1.75 bits per heavy atom. The molecule has 0 aliphatic rings. The molecule has 0 atom stereocenters. The zero-order valence-electron chi connectivity index (χ0n) is 12.3. The van der Waals surface area contributed by atoms with Crippen LogP contribution in [-0.4, -0.2) is 24.0 Å². The first-order valence-corrected chi connectivity index (χ1v) is 7.16. The zero-order valence-corrected chi connectivity index (χ0v) is 12.3. The number of rotatable bonds is 8. The number of carboxylic acid groups (broad SMARTS) is 1. The molecule has 1 rings (SSSR count). The number of aromatic carboxylic acids is 1. The van der Waals surface area contributed by atoms with E-state index >= 15 is 0 Å². The Morgan fingerprint density at radius 3 is 2.40 bits per heavy atom. The van der Waals surface area contributed by atoms with Crippen LogP contribution in [0.15, 0.2) is 24.3 Å². The average molecular weight is 277 g/mol. The molecule has 1 amide bonds. The molecule has 1 N–H and O–H groups in total. The van der Waals surface area contributed by atoms with Gasteiger partial charge >= 0.3 is 5.97 Å². The first-order valence-electron chi connectivity index (χ1n) is 7.16. The van der Waals surface area contributed by atoms with E-state index in [0.29, 0.717) is 12.1 Å². The summed E-state index contributed by atoms with van der Waals surface area (Å²) in [6, 6.07) is 6.59. The van der Waals surface area contributed by atoms with Crippen molar-refractivity contribution in [2.45, 2.75) is 45.4 Å². The second-order valence-corrected chi connectivity index (χ2v) is 4.94. The Kier molecular flexibility index (Phi) is 6.77. The fourth-order valence-corrected chi connectivity index (χ4v) is 2.13. The van der Waals surface area contributed by atoms with Crippen LogP contribution in [0.25, 0.3) is 0 Å². The molecular formula is C16H23NO3. The van der Waals surface area contributed by atoms with Gasteiger partial charge in [0.1, 0.15) is 0 Å². The molecule has 0 aliphatic heterocycles. The summed E-state index contributed by atoms with van der Waals surface area (Å²) in [6.45, 7) is 2.15. The van der Waals surface area contributed by atoms with Crippen LogP contribution in [0.1, 0.15) is 55.8 Å². The number of hydrogen-bond acceptors (Lipinski definition) is 2. The first-order chi connectivity index (χ1) is 9.57. The molecule has 20 heavy (non-hydrogen) atoms. The molecule has 4 heteroatoms. The Labute approximate surface area is 120 Å². The number of hydrogen-bond donors (Lipinski definition) is 1. The zero-order chi connectivity index (χ0) is 15.0. The molecule has 1 aromatic rings. The molecule has 0 bridgehead atoms. The molecule has 0 saturated carbocycles. The van der Waals surface area contributed by atoms with Crippen LogP contribution in [0.4, 0.5) is 5.69 Å². The first kappa shape index (κ1) is 16.2. The van der Waals surface area contributed by atoms with Gasteiger partial charge in [-0.1, -0.05) is 44.7 Å². The van der Waals surface area contributed by atoms with E-state index in [0.717, 1.165) is 19.3 Å². The third-order valence-electron chi connectivity index (χ3n) is 3.36. The van der Waals surface area contributed by atoms with Crippen LogP contribution < -0.4 is 4.90 Å². The number of anilines is 1. The number of carboxylic acids is 1. The number of amides is 1. The maximum atomic E-state index is 12.1. The Balaban J connectivity index is 2.59. The highest BCUT2D eigenvalue weighted by atomic mass is 16.4. The molecule has 110 valence electrons. The number of carbonyl (C=O) groups excluding carboxylic acids is 1. The Hall–Kier alpha value is -1.84. The van der Waals surface area contributed by atoms with Crippen molar-refractivity contribution in [3.63, 3.8) is 0 Å². The van der Waals surface area contributed by atoms with Crippen LogP contribution in [0.3, 0.4) is 0 Å². The van der Waals surface area contributed by atoms with Gasteiger partial charge in [0.2, 0.25) is 5.91 Å². The summed E-state index contributed by atoms with van der Waals surface area (Å²) in [4.78, 5) is 24.7. The predicted molar refractivity (Wildman–Crippen MR) is 80.2 cm³/mol. The third-order valence-corrected chi connectivity index (χ3v) is 3.36. The SMILES string of the molecule is CCCCCCCC(=O)N(C)c1ccccc1C(=O)O. The Bertz CT molecular complexity index is 457. The van der Waals surface area contributed by atoms with Gasteiger partial charge in [0.05, 0.1) is 11.3 Å². The van der Waals surface area contributed by atoms with Crippen LogP contribution in [0.5, 0.6) is 0 Å². The summed E-state index contributed by atoms with van der Waals surface area (Å²) in [5.41, 5.74) is 0.618. The number of nitrogens with zero attached hydrogens (tertiary/aromatic N) is 1. The van der Waals surface area contributed by atoms with Gasteiger partial charge in [-0.05, 0) is 18.6 Å². The largest absolute Gasteiger partial charge is 0.478 e. The summed E-state index contributed by atoms with van der Waals surface area (Å²) in [5.74, 6) is -1.04. The maximum absolute atomic E-state index is 12.1. The standard InChI is InChI=1S/C16H23NO3/c1-3-4-5-6-7-12-15(18)17(2)14-11-9-8-10-13(14)16(19)20/h8-11H,3-7,12H2,1-2H3,(H,19,20). The molecule has 0 unspecified atom stereocenters. The molecule has 0 fully saturated rings. The number of benzene rings is 1. The predicted octanol–water partition coefficient (Wildman–Crippen LogP) is 3.71. The maximum Gasteiger partial charge on any atom is 0.337 e. The van der Waals surface area contributed by atoms with Crippen molar-refractivity contribution in [3.05, 3.63) is 29.8 Å². The fraction of sp³-hybridized carbons (Fsp3) is 0.500. The highest BCUT2D eigenvalue weighted by molar-refractivity contribution is 6.01. The van der Waals surface area contributed by atoms with E-state index in [1.165, 1.54) is 23.8 Å². The fourth-order valence-electron chi connectivity index (χ4n) is 2.13. The highest BCUT2D eigenvalue weighted by Gasteiger charge is 2.17. The molecule has 0 spiro atoms. The number of unbranched alkanes of at least 4 members (excludes halogenated alkanes) is 4. The van der Waals surface area contributed by atoms with Gasteiger partial charge in [-0.2, -0.15) is 0 Å².